The van der Waals surface area contributed by atoms with E-state index < -0.39 is 0 Å². The van der Waals surface area contributed by atoms with E-state index in [1.165, 1.54) is 12.0 Å². The Morgan fingerprint density at radius 3 is 2.41 bits per heavy atom. The minimum atomic E-state index is 0.281. The summed E-state index contributed by atoms with van der Waals surface area (Å²) in [7, 11) is 0. The standard InChI is InChI=1S/C15H21NO/c1-12(2)16(15(17)14-9-6-10-14)11-13-7-4-3-5-8-13/h3-5,7-8,12,14H,6,9-11H2,1-2H3. The van der Waals surface area contributed by atoms with Crippen molar-refractivity contribution >= 4 is 5.91 Å². The van der Waals surface area contributed by atoms with Crippen molar-refractivity contribution in [1.29, 1.82) is 0 Å². The van der Waals surface area contributed by atoms with Gasteiger partial charge in [0, 0.05) is 18.5 Å². The molecule has 0 aromatic heterocycles. The van der Waals surface area contributed by atoms with Crippen LogP contribution in [-0.4, -0.2) is 16.8 Å². The van der Waals surface area contributed by atoms with Gasteiger partial charge in [0.1, 0.15) is 0 Å². The van der Waals surface area contributed by atoms with Crippen molar-refractivity contribution in [2.24, 2.45) is 5.92 Å². The van der Waals surface area contributed by atoms with Gasteiger partial charge in [-0.3, -0.25) is 4.79 Å². The lowest BCUT2D eigenvalue weighted by atomic mass is 9.84. The Morgan fingerprint density at radius 2 is 1.94 bits per heavy atom. The minimum absolute atomic E-state index is 0.281. The van der Waals surface area contributed by atoms with Gasteiger partial charge < -0.3 is 4.90 Å². The van der Waals surface area contributed by atoms with Crippen molar-refractivity contribution in [3.8, 4) is 0 Å². The lowest BCUT2D eigenvalue weighted by molar-refractivity contribution is -0.140. The van der Waals surface area contributed by atoms with Crippen LogP contribution in [0.1, 0.15) is 38.7 Å². The highest BCUT2D eigenvalue weighted by Gasteiger charge is 2.30. The Bertz CT molecular complexity index is 368. The highest BCUT2D eigenvalue weighted by atomic mass is 16.2. The van der Waals surface area contributed by atoms with Crippen LogP contribution in [0.15, 0.2) is 30.3 Å². The summed E-state index contributed by atoms with van der Waals surface area (Å²) >= 11 is 0. The summed E-state index contributed by atoms with van der Waals surface area (Å²) in [5.74, 6) is 0.635. The van der Waals surface area contributed by atoms with Gasteiger partial charge in [0.2, 0.25) is 5.91 Å². The molecular formula is C15H21NO. The van der Waals surface area contributed by atoms with Gasteiger partial charge in [-0.2, -0.15) is 0 Å². The lowest BCUT2D eigenvalue weighted by Crippen LogP contribution is -2.42. The van der Waals surface area contributed by atoms with Gasteiger partial charge in [0.15, 0.2) is 0 Å². The third kappa shape index (κ3) is 2.87. The Labute approximate surface area is 104 Å². The SMILES string of the molecule is CC(C)N(Cc1ccccc1)C(=O)C1CCC1. The predicted molar refractivity (Wildman–Crippen MR) is 69.5 cm³/mol. The average molecular weight is 231 g/mol. The maximum absolute atomic E-state index is 12.3. The van der Waals surface area contributed by atoms with E-state index in [2.05, 4.69) is 26.0 Å². The number of carbonyl (C=O) groups excluding carboxylic acids is 1. The number of rotatable bonds is 4. The summed E-state index contributed by atoms with van der Waals surface area (Å²) in [5, 5.41) is 0. The molecule has 2 heteroatoms. The molecule has 0 aliphatic heterocycles. The molecule has 0 N–H and O–H groups in total. The molecule has 2 nitrogen and oxygen atoms in total. The van der Waals surface area contributed by atoms with Gasteiger partial charge in [-0.15, -0.1) is 0 Å². The second-order valence-corrected chi connectivity index (χ2v) is 5.17. The van der Waals surface area contributed by atoms with Crippen molar-refractivity contribution in [2.45, 2.75) is 45.7 Å². The van der Waals surface area contributed by atoms with Crippen LogP contribution in [0.3, 0.4) is 0 Å². The highest BCUT2D eigenvalue weighted by Crippen LogP contribution is 2.29. The topological polar surface area (TPSA) is 20.3 Å². The molecule has 1 aliphatic rings. The van der Waals surface area contributed by atoms with Crippen LogP contribution >= 0.6 is 0 Å². The first kappa shape index (κ1) is 12.2. The van der Waals surface area contributed by atoms with Crippen LogP contribution in [0.25, 0.3) is 0 Å². The van der Waals surface area contributed by atoms with Crippen LogP contribution in [0.4, 0.5) is 0 Å². The number of hydrogen-bond acceptors (Lipinski definition) is 1. The zero-order valence-electron chi connectivity index (χ0n) is 10.7. The molecule has 0 atom stereocenters. The van der Waals surface area contributed by atoms with Gasteiger partial charge in [0.05, 0.1) is 0 Å². The van der Waals surface area contributed by atoms with Crippen LogP contribution in [0.2, 0.25) is 0 Å². The molecule has 1 aromatic carbocycles. The quantitative estimate of drug-likeness (QED) is 0.779. The smallest absolute Gasteiger partial charge is 0.226 e. The molecule has 1 amide bonds. The summed E-state index contributed by atoms with van der Waals surface area (Å²) < 4.78 is 0. The third-order valence-electron chi connectivity index (χ3n) is 3.56. The van der Waals surface area contributed by atoms with E-state index in [1.54, 1.807) is 0 Å². The van der Waals surface area contributed by atoms with Gasteiger partial charge in [-0.05, 0) is 32.3 Å². The summed E-state index contributed by atoms with van der Waals surface area (Å²) in [5.41, 5.74) is 1.22. The zero-order chi connectivity index (χ0) is 12.3. The first-order valence-electron chi connectivity index (χ1n) is 6.53. The fourth-order valence-corrected chi connectivity index (χ4v) is 2.18. The molecule has 1 fully saturated rings. The van der Waals surface area contributed by atoms with Crippen molar-refractivity contribution in [2.75, 3.05) is 0 Å². The van der Waals surface area contributed by atoms with E-state index >= 15 is 0 Å². The third-order valence-corrected chi connectivity index (χ3v) is 3.56. The summed E-state index contributed by atoms with van der Waals surface area (Å²) in [6.45, 7) is 4.94. The maximum atomic E-state index is 12.3. The molecule has 0 radical (unpaired) electrons. The van der Waals surface area contributed by atoms with E-state index in [0.717, 1.165) is 19.4 Å². The molecule has 92 valence electrons. The number of amides is 1. The largest absolute Gasteiger partial charge is 0.336 e. The molecular weight excluding hydrogens is 210 g/mol. The van der Waals surface area contributed by atoms with Crippen LogP contribution < -0.4 is 0 Å². The van der Waals surface area contributed by atoms with E-state index in [4.69, 9.17) is 0 Å². The summed E-state index contributed by atoms with van der Waals surface area (Å²) in [6.07, 6.45) is 3.38. The molecule has 1 aromatic rings. The fourth-order valence-electron chi connectivity index (χ4n) is 2.18. The molecule has 0 bridgehead atoms. The van der Waals surface area contributed by atoms with Gasteiger partial charge in [-0.25, -0.2) is 0 Å². The number of hydrogen-bond donors (Lipinski definition) is 0. The summed E-state index contributed by atoms with van der Waals surface area (Å²) in [6, 6.07) is 10.5. The summed E-state index contributed by atoms with van der Waals surface area (Å²) in [4.78, 5) is 14.3. The van der Waals surface area contributed by atoms with E-state index in [0.29, 0.717) is 11.8 Å². The molecule has 0 spiro atoms. The second kappa shape index (κ2) is 5.35. The average Bonchev–Trinajstić information content (AvgIpc) is 2.24. The Balaban J connectivity index is 2.04. The van der Waals surface area contributed by atoms with Crippen molar-refractivity contribution in [3.05, 3.63) is 35.9 Å². The number of nitrogens with zero attached hydrogens (tertiary/aromatic N) is 1. The van der Waals surface area contributed by atoms with Crippen molar-refractivity contribution in [3.63, 3.8) is 0 Å². The molecule has 1 saturated carbocycles. The first-order chi connectivity index (χ1) is 8.18. The van der Waals surface area contributed by atoms with Crippen LogP contribution in [0, 0.1) is 5.92 Å². The van der Waals surface area contributed by atoms with Gasteiger partial charge in [0.25, 0.3) is 0 Å². The molecule has 0 saturated heterocycles. The van der Waals surface area contributed by atoms with Crippen LogP contribution in [0.5, 0.6) is 0 Å². The highest BCUT2D eigenvalue weighted by molar-refractivity contribution is 5.79. The molecule has 0 heterocycles. The van der Waals surface area contributed by atoms with Gasteiger partial charge >= 0.3 is 0 Å². The van der Waals surface area contributed by atoms with E-state index in [9.17, 15) is 4.79 Å². The Hall–Kier alpha value is -1.31. The maximum Gasteiger partial charge on any atom is 0.226 e. The van der Waals surface area contributed by atoms with Crippen molar-refractivity contribution < 1.29 is 4.79 Å². The Kier molecular flexibility index (Phi) is 3.82. The Morgan fingerprint density at radius 1 is 1.29 bits per heavy atom. The van der Waals surface area contributed by atoms with E-state index in [-0.39, 0.29) is 6.04 Å². The van der Waals surface area contributed by atoms with Crippen LogP contribution in [-0.2, 0) is 11.3 Å². The monoisotopic (exact) mass is 231 g/mol. The van der Waals surface area contributed by atoms with Crippen molar-refractivity contribution in [1.82, 2.24) is 4.90 Å². The zero-order valence-corrected chi connectivity index (χ0v) is 10.7. The molecule has 1 aliphatic carbocycles. The van der Waals surface area contributed by atoms with E-state index in [1.807, 2.05) is 23.1 Å². The second-order valence-electron chi connectivity index (χ2n) is 5.17. The molecule has 0 unspecified atom stereocenters. The molecule has 2 rings (SSSR count). The molecule has 17 heavy (non-hydrogen) atoms. The fraction of sp³-hybridized carbons (Fsp3) is 0.533. The lowest BCUT2D eigenvalue weighted by Gasteiger charge is -2.34. The number of carbonyl (C=O) groups is 1. The number of benzene rings is 1. The normalized spacial score (nSPS) is 15.7. The predicted octanol–water partition coefficient (Wildman–Crippen LogP) is 3.22. The first-order valence-corrected chi connectivity index (χ1v) is 6.53. The van der Waals surface area contributed by atoms with Gasteiger partial charge in [-0.1, -0.05) is 36.8 Å². The minimum Gasteiger partial charge on any atom is -0.336 e.